The minimum Gasteiger partial charge on any atom is -0.478 e. The van der Waals surface area contributed by atoms with E-state index in [2.05, 4.69) is 9.89 Å². The summed E-state index contributed by atoms with van der Waals surface area (Å²) in [7, 11) is 0. The maximum atomic E-state index is 11.8. The number of benzene rings is 1. The van der Waals surface area contributed by atoms with Crippen molar-refractivity contribution >= 4 is 29.0 Å². The van der Waals surface area contributed by atoms with E-state index < -0.39 is 11.9 Å². The highest BCUT2D eigenvalue weighted by Crippen LogP contribution is 2.19. The summed E-state index contributed by atoms with van der Waals surface area (Å²) in [5.74, 6) is -1.61. The summed E-state index contributed by atoms with van der Waals surface area (Å²) >= 11 is 0. The molecular weight excluding hydrogens is 236 g/mol. The minimum absolute atomic E-state index is 0.113. The number of nitrogens with zero attached hydrogens (tertiary/aromatic N) is 4. The van der Waals surface area contributed by atoms with Gasteiger partial charge in [-0.3, -0.25) is 4.79 Å². The van der Waals surface area contributed by atoms with Gasteiger partial charge in [-0.05, 0) is 31.2 Å². The van der Waals surface area contributed by atoms with Crippen LogP contribution in [0.25, 0.3) is 5.53 Å². The molecule has 0 saturated carbocycles. The molecule has 1 aromatic rings. The Morgan fingerprint density at radius 3 is 2.44 bits per heavy atom. The summed E-state index contributed by atoms with van der Waals surface area (Å²) < 4.78 is 0. The van der Waals surface area contributed by atoms with Crippen LogP contribution in [0.4, 0.5) is 5.69 Å². The Hall–Kier alpha value is -2.79. The molecule has 1 aromatic carbocycles. The van der Waals surface area contributed by atoms with Crippen LogP contribution in [0.1, 0.15) is 17.3 Å². The van der Waals surface area contributed by atoms with E-state index in [0.717, 1.165) is 5.01 Å². The first-order valence-corrected chi connectivity index (χ1v) is 5.00. The van der Waals surface area contributed by atoms with Gasteiger partial charge in [-0.1, -0.05) is 0 Å². The first-order valence-electron chi connectivity index (χ1n) is 5.00. The largest absolute Gasteiger partial charge is 0.478 e. The summed E-state index contributed by atoms with van der Waals surface area (Å²) in [4.78, 5) is 25.3. The second-order valence-electron chi connectivity index (χ2n) is 3.60. The number of carboxylic acids is 1. The molecule has 2 rings (SSSR count). The van der Waals surface area contributed by atoms with Crippen molar-refractivity contribution in [3.63, 3.8) is 0 Å². The SMILES string of the molecule is CC1=NN(c2ccc(C(=O)O)cc2)C(=O)C1=[N+]=[N-]. The van der Waals surface area contributed by atoms with Gasteiger partial charge in [-0.25, -0.2) is 4.79 Å². The quantitative estimate of drug-likeness (QED) is 0.613. The van der Waals surface area contributed by atoms with Crippen molar-refractivity contribution in [2.75, 3.05) is 5.01 Å². The summed E-state index contributed by atoms with van der Waals surface area (Å²) in [5.41, 5.74) is 9.36. The van der Waals surface area contributed by atoms with E-state index in [1.807, 2.05) is 0 Å². The standard InChI is InChI=1S/C11H8N4O3/c1-6-9(13-12)10(16)15(14-6)8-4-2-7(3-5-8)11(17)18/h2-5H,1H3,(H,17,18). The zero-order valence-corrected chi connectivity index (χ0v) is 9.36. The molecular formula is C11H8N4O3. The second-order valence-corrected chi connectivity index (χ2v) is 3.60. The molecule has 1 amide bonds. The summed E-state index contributed by atoms with van der Waals surface area (Å²) in [6.07, 6.45) is 0. The number of carbonyl (C=O) groups is 2. The van der Waals surface area contributed by atoms with Crippen LogP contribution in [0.2, 0.25) is 0 Å². The van der Waals surface area contributed by atoms with Crippen LogP contribution in [0.3, 0.4) is 0 Å². The molecule has 18 heavy (non-hydrogen) atoms. The Bertz CT molecular complexity index is 612. The predicted octanol–water partition coefficient (Wildman–Crippen LogP) is 0.778. The van der Waals surface area contributed by atoms with E-state index in [4.69, 9.17) is 10.6 Å². The lowest BCUT2D eigenvalue weighted by molar-refractivity contribution is -0.115. The van der Waals surface area contributed by atoms with E-state index in [1.165, 1.54) is 24.3 Å². The molecule has 0 atom stereocenters. The first kappa shape index (κ1) is 11.7. The van der Waals surface area contributed by atoms with Crippen molar-refractivity contribution in [2.24, 2.45) is 5.10 Å². The van der Waals surface area contributed by atoms with E-state index >= 15 is 0 Å². The number of hydrogen-bond donors (Lipinski definition) is 1. The van der Waals surface area contributed by atoms with Crippen molar-refractivity contribution in [1.29, 1.82) is 0 Å². The fourth-order valence-corrected chi connectivity index (χ4v) is 1.53. The summed E-state index contributed by atoms with van der Waals surface area (Å²) in [6.45, 7) is 1.54. The molecule has 1 N–H and O–H groups in total. The molecule has 0 aromatic heterocycles. The molecule has 0 unspecified atom stereocenters. The lowest BCUT2D eigenvalue weighted by Crippen LogP contribution is -2.27. The van der Waals surface area contributed by atoms with Gasteiger partial charge < -0.3 is 10.6 Å². The van der Waals surface area contributed by atoms with Crippen molar-refractivity contribution in [1.82, 2.24) is 0 Å². The number of carbonyl (C=O) groups excluding carboxylic acids is 1. The monoisotopic (exact) mass is 244 g/mol. The van der Waals surface area contributed by atoms with Crippen molar-refractivity contribution in [3.8, 4) is 0 Å². The predicted molar refractivity (Wildman–Crippen MR) is 62.6 cm³/mol. The third kappa shape index (κ3) is 1.79. The maximum absolute atomic E-state index is 11.8. The van der Waals surface area contributed by atoms with Crippen LogP contribution in [0, 0.1) is 0 Å². The Morgan fingerprint density at radius 2 is 2.00 bits per heavy atom. The number of rotatable bonds is 2. The van der Waals surface area contributed by atoms with Gasteiger partial charge in [0.25, 0.3) is 0 Å². The molecule has 0 bridgehead atoms. The normalized spacial score (nSPS) is 14.5. The maximum Gasteiger partial charge on any atom is 0.404 e. The van der Waals surface area contributed by atoms with Gasteiger partial charge in [0.1, 0.15) is 0 Å². The molecule has 0 aliphatic carbocycles. The average Bonchev–Trinajstić information content (AvgIpc) is 2.64. The lowest BCUT2D eigenvalue weighted by atomic mass is 10.2. The lowest BCUT2D eigenvalue weighted by Gasteiger charge is -2.09. The van der Waals surface area contributed by atoms with E-state index in [-0.39, 0.29) is 11.3 Å². The number of aromatic carboxylic acids is 1. The van der Waals surface area contributed by atoms with Crippen LogP contribution in [-0.2, 0) is 4.79 Å². The minimum atomic E-state index is -1.05. The summed E-state index contributed by atoms with van der Waals surface area (Å²) in [5, 5.41) is 13.7. The number of carboxylic acid groups (broad SMARTS) is 1. The molecule has 7 heteroatoms. The molecule has 1 aliphatic rings. The second kappa shape index (κ2) is 4.23. The smallest absolute Gasteiger partial charge is 0.404 e. The van der Waals surface area contributed by atoms with Crippen LogP contribution >= 0.6 is 0 Å². The van der Waals surface area contributed by atoms with Gasteiger partial charge in [0.2, 0.25) is 0 Å². The highest BCUT2D eigenvalue weighted by atomic mass is 16.4. The average molecular weight is 244 g/mol. The van der Waals surface area contributed by atoms with E-state index in [9.17, 15) is 9.59 Å². The van der Waals surface area contributed by atoms with Crippen molar-refractivity contribution in [2.45, 2.75) is 6.92 Å². The highest BCUT2D eigenvalue weighted by Gasteiger charge is 2.37. The van der Waals surface area contributed by atoms with Crippen molar-refractivity contribution in [3.05, 3.63) is 35.4 Å². The van der Waals surface area contributed by atoms with E-state index in [0.29, 0.717) is 11.4 Å². The van der Waals surface area contributed by atoms with Gasteiger partial charge in [-0.15, -0.1) is 0 Å². The Morgan fingerprint density at radius 1 is 1.39 bits per heavy atom. The number of hydrogen-bond acceptors (Lipinski definition) is 3. The fraction of sp³-hybridized carbons (Fsp3) is 0.0909. The fourth-order valence-electron chi connectivity index (χ4n) is 1.53. The Balaban J connectivity index is 2.37. The number of amides is 1. The van der Waals surface area contributed by atoms with Crippen LogP contribution in [0.15, 0.2) is 29.4 Å². The van der Waals surface area contributed by atoms with Gasteiger partial charge in [0.05, 0.1) is 11.3 Å². The van der Waals surface area contributed by atoms with Crippen LogP contribution in [-0.4, -0.2) is 33.2 Å². The van der Waals surface area contributed by atoms with Crippen molar-refractivity contribution < 1.29 is 19.5 Å². The molecule has 0 spiro atoms. The van der Waals surface area contributed by atoms with Gasteiger partial charge in [-0.2, -0.15) is 14.9 Å². The molecule has 0 saturated heterocycles. The number of hydrazone groups is 1. The van der Waals surface area contributed by atoms with Crippen LogP contribution in [0.5, 0.6) is 0 Å². The third-order valence-electron chi connectivity index (χ3n) is 2.45. The van der Waals surface area contributed by atoms with Gasteiger partial charge in [0.15, 0.2) is 5.71 Å². The zero-order valence-electron chi connectivity index (χ0n) is 9.36. The molecule has 7 nitrogen and oxygen atoms in total. The van der Waals surface area contributed by atoms with Crippen LogP contribution < -0.4 is 5.01 Å². The molecule has 0 fully saturated rings. The molecule has 1 heterocycles. The topological polar surface area (TPSA) is 106 Å². The highest BCUT2D eigenvalue weighted by molar-refractivity contribution is 6.69. The van der Waals surface area contributed by atoms with Gasteiger partial charge >= 0.3 is 17.6 Å². The van der Waals surface area contributed by atoms with E-state index in [1.54, 1.807) is 6.92 Å². The number of anilines is 1. The third-order valence-corrected chi connectivity index (χ3v) is 2.45. The molecule has 0 radical (unpaired) electrons. The summed E-state index contributed by atoms with van der Waals surface area (Å²) in [6, 6.07) is 5.64. The molecule has 90 valence electrons. The Labute approximate surface area is 102 Å². The zero-order chi connectivity index (χ0) is 13.3. The first-order chi connectivity index (χ1) is 8.54. The van der Waals surface area contributed by atoms with Gasteiger partial charge in [0, 0.05) is 0 Å². The Kier molecular flexibility index (Phi) is 2.75. The molecule has 1 aliphatic heterocycles.